The van der Waals surface area contributed by atoms with Gasteiger partial charge in [-0.25, -0.2) is 4.79 Å². The minimum atomic E-state index is -1.25. The van der Waals surface area contributed by atoms with Crippen molar-refractivity contribution in [2.45, 2.75) is 58.0 Å². The van der Waals surface area contributed by atoms with E-state index >= 15 is 0 Å². The summed E-state index contributed by atoms with van der Waals surface area (Å²) in [5, 5.41) is 17.6. The van der Waals surface area contributed by atoms with Crippen LogP contribution in [0, 0.1) is 0 Å². The van der Waals surface area contributed by atoms with Crippen molar-refractivity contribution in [3.05, 3.63) is 60.8 Å². The topological polar surface area (TPSA) is 57.5 Å². The highest BCUT2D eigenvalue weighted by Gasteiger charge is 2.10. The number of unbranched alkanes of at least 4 members (excludes halogenated alkanes) is 1. The molecule has 0 radical (unpaired) electrons. The number of carboxylic acid groups (broad SMARTS) is 1. The number of aliphatic hydroxyl groups is 1. The van der Waals surface area contributed by atoms with Crippen molar-refractivity contribution in [1.82, 2.24) is 0 Å². The number of hydrogen-bond acceptors (Lipinski definition) is 2. The molecule has 0 saturated heterocycles. The first-order valence-electron chi connectivity index (χ1n) is 8.36. The summed E-state index contributed by atoms with van der Waals surface area (Å²) in [6, 6.07) is 0. The summed E-state index contributed by atoms with van der Waals surface area (Å²) in [6.45, 7) is 2.14. The van der Waals surface area contributed by atoms with Crippen LogP contribution in [-0.4, -0.2) is 22.3 Å². The quantitative estimate of drug-likeness (QED) is 0.286. The molecule has 2 N–H and O–H groups in total. The molecular weight excluding hydrogens is 288 g/mol. The lowest BCUT2D eigenvalue weighted by molar-refractivity contribution is -0.146. The van der Waals surface area contributed by atoms with E-state index in [1.165, 1.54) is 0 Å². The van der Waals surface area contributed by atoms with E-state index in [0.29, 0.717) is 6.42 Å². The van der Waals surface area contributed by atoms with Crippen LogP contribution in [0.1, 0.15) is 51.9 Å². The minimum Gasteiger partial charge on any atom is -0.479 e. The molecule has 128 valence electrons. The summed E-state index contributed by atoms with van der Waals surface area (Å²) in [5.41, 5.74) is 0. The van der Waals surface area contributed by atoms with Crippen LogP contribution in [0.4, 0.5) is 0 Å². The first kappa shape index (κ1) is 21.1. The highest BCUT2D eigenvalue weighted by atomic mass is 16.4. The van der Waals surface area contributed by atoms with Crippen LogP contribution >= 0.6 is 0 Å². The molecule has 23 heavy (non-hydrogen) atoms. The number of carboxylic acids is 1. The molecule has 0 aromatic rings. The van der Waals surface area contributed by atoms with Gasteiger partial charge in [-0.1, -0.05) is 67.7 Å². The number of rotatable bonds is 13. The summed E-state index contributed by atoms with van der Waals surface area (Å²) in [4.78, 5) is 10.4. The lowest BCUT2D eigenvalue weighted by Crippen LogP contribution is -2.18. The minimum absolute atomic E-state index is 0.261. The summed E-state index contributed by atoms with van der Waals surface area (Å²) in [5.74, 6) is -1.16. The van der Waals surface area contributed by atoms with Crippen molar-refractivity contribution in [2.24, 2.45) is 0 Å². The Hall–Kier alpha value is -1.87. The lowest BCUT2D eigenvalue weighted by Gasteiger charge is -2.00. The molecule has 0 rings (SSSR count). The second kappa shape index (κ2) is 16.5. The van der Waals surface area contributed by atoms with Crippen molar-refractivity contribution in [3.8, 4) is 0 Å². The van der Waals surface area contributed by atoms with E-state index in [-0.39, 0.29) is 6.42 Å². The average Bonchev–Trinajstić information content (AvgIpc) is 2.54. The van der Waals surface area contributed by atoms with Crippen molar-refractivity contribution in [2.75, 3.05) is 0 Å². The first-order chi connectivity index (χ1) is 11.2. The predicted octanol–water partition coefficient (Wildman–Crippen LogP) is 4.96. The van der Waals surface area contributed by atoms with Crippen LogP contribution < -0.4 is 0 Å². The molecule has 0 aliphatic rings. The maximum atomic E-state index is 10.4. The third kappa shape index (κ3) is 16.3. The zero-order valence-corrected chi connectivity index (χ0v) is 14.1. The van der Waals surface area contributed by atoms with E-state index < -0.39 is 12.1 Å². The van der Waals surface area contributed by atoms with Gasteiger partial charge in [0.2, 0.25) is 0 Å². The maximum absolute atomic E-state index is 10.4. The molecule has 0 fully saturated rings. The smallest absolute Gasteiger partial charge is 0.332 e. The van der Waals surface area contributed by atoms with Gasteiger partial charge in [-0.2, -0.15) is 0 Å². The third-order valence-electron chi connectivity index (χ3n) is 3.06. The summed E-state index contributed by atoms with van der Waals surface area (Å²) in [7, 11) is 0. The number of aliphatic hydroxyl groups excluding tert-OH is 1. The zero-order chi connectivity index (χ0) is 17.2. The van der Waals surface area contributed by atoms with Crippen molar-refractivity contribution in [3.63, 3.8) is 0 Å². The second-order valence-corrected chi connectivity index (χ2v) is 5.16. The Morgan fingerprint density at radius 2 is 1.39 bits per heavy atom. The fourth-order valence-electron chi connectivity index (χ4n) is 1.75. The van der Waals surface area contributed by atoms with Gasteiger partial charge in [-0.3, -0.25) is 0 Å². The number of allylic oxidation sites excluding steroid dienone is 10. The Morgan fingerprint density at radius 3 is 2.09 bits per heavy atom. The molecule has 0 spiro atoms. The van der Waals surface area contributed by atoms with Crippen LogP contribution in [-0.2, 0) is 4.79 Å². The molecular formula is C20H30O3. The molecule has 1 unspecified atom stereocenters. The molecule has 0 aliphatic heterocycles. The Bertz CT molecular complexity index is 428. The molecule has 0 amide bonds. The summed E-state index contributed by atoms with van der Waals surface area (Å²) in [6.07, 6.45) is 25.5. The maximum Gasteiger partial charge on any atom is 0.332 e. The highest BCUT2D eigenvalue weighted by molar-refractivity contribution is 5.71. The Labute approximate surface area is 140 Å². The van der Waals surface area contributed by atoms with Gasteiger partial charge in [0.25, 0.3) is 0 Å². The molecule has 3 heteroatoms. The van der Waals surface area contributed by atoms with Gasteiger partial charge >= 0.3 is 5.97 Å². The number of carbonyl (C=O) groups is 1. The van der Waals surface area contributed by atoms with E-state index in [9.17, 15) is 4.79 Å². The van der Waals surface area contributed by atoms with Gasteiger partial charge in [0.05, 0.1) is 0 Å². The fourth-order valence-corrected chi connectivity index (χ4v) is 1.75. The second-order valence-electron chi connectivity index (χ2n) is 5.16. The molecule has 3 nitrogen and oxygen atoms in total. The highest BCUT2D eigenvalue weighted by Crippen LogP contribution is 2.00. The fraction of sp³-hybridized carbons (Fsp3) is 0.450. The van der Waals surface area contributed by atoms with E-state index in [4.69, 9.17) is 10.2 Å². The van der Waals surface area contributed by atoms with E-state index in [0.717, 1.165) is 32.1 Å². The van der Waals surface area contributed by atoms with Gasteiger partial charge in [0.1, 0.15) is 0 Å². The largest absolute Gasteiger partial charge is 0.479 e. The van der Waals surface area contributed by atoms with E-state index in [1.54, 1.807) is 0 Å². The van der Waals surface area contributed by atoms with Crippen molar-refractivity contribution < 1.29 is 15.0 Å². The van der Waals surface area contributed by atoms with Gasteiger partial charge in [0, 0.05) is 0 Å². The number of aliphatic carboxylic acids is 1. The van der Waals surface area contributed by atoms with E-state index in [1.807, 2.05) is 30.4 Å². The Morgan fingerprint density at radius 1 is 0.826 bits per heavy atom. The van der Waals surface area contributed by atoms with Gasteiger partial charge in [-0.15, -0.1) is 0 Å². The van der Waals surface area contributed by atoms with Crippen LogP contribution in [0.15, 0.2) is 60.8 Å². The first-order valence-corrected chi connectivity index (χ1v) is 8.36. The van der Waals surface area contributed by atoms with Crippen molar-refractivity contribution >= 4 is 5.97 Å². The third-order valence-corrected chi connectivity index (χ3v) is 3.06. The van der Waals surface area contributed by atoms with Crippen LogP contribution in [0.2, 0.25) is 0 Å². The molecule has 0 bridgehead atoms. The molecule has 0 heterocycles. The van der Waals surface area contributed by atoms with Crippen LogP contribution in [0.25, 0.3) is 0 Å². The normalized spacial score (nSPS) is 14.2. The molecule has 0 saturated carbocycles. The monoisotopic (exact) mass is 318 g/mol. The predicted molar refractivity (Wildman–Crippen MR) is 97.3 cm³/mol. The van der Waals surface area contributed by atoms with Crippen LogP contribution in [0.3, 0.4) is 0 Å². The standard InChI is InChI=1S/C20H30O3/c1-2-3-4-5-6-7-8-9-10-11-12-13-14-15-16-17-18-19(21)20(22)23/h3-4,6-7,10-13,15-16,19,21H,2,5,8-9,14,17-18H2,1H3,(H,22,23). The molecule has 1 atom stereocenters. The molecule has 0 aromatic heterocycles. The molecule has 0 aromatic carbocycles. The zero-order valence-electron chi connectivity index (χ0n) is 14.1. The number of hydrogen-bond donors (Lipinski definition) is 2. The van der Waals surface area contributed by atoms with Crippen molar-refractivity contribution in [1.29, 1.82) is 0 Å². The van der Waals surface area contributed by atoms with Crippen LogP contribution in [0.5, 0.6) is 0 Å². The van der Waals surface area contributed by atoms with E-state index in [2.05, 4.69) is 37.3 Å². The lowest BCUT2D eigenvalue weighted by atomic mass is 10.2. The summed E-state index contributed by atoms with van der Waals surface area (Å²) >= 11 is 0. The SMILES string of the molecule is CCC=CCC=CCCC=CC=CCC=CCCC(O)C(=O)O. The Balaban J connectivity index is 3.55. The van der Waals surface area contributed by atoms with Gasteiger partial charge in [-0.05, 0) is 44.9 Å². The molecule has 0 aliphatic carbocycles. The summed E-state index contributed by atoms with van der Waals surface area (Å²) < 4.78 is 0. The average molecular weight is 318 g/mol. The van der Waals surface area contributed by atoms with Gasteiger partial charge < -0.3 is 10.2 Å². The van der Waals surface area contributed by atoms with Gasteiger partial charge in [0.15, 0.2) is 6.10 Å². The Kier molecular flexibility index (Phi) is 15.2.